The van der Waals surface area contributed by atoms with Crippen molar-refractivity contribution in [3.05, 3.63) is 59.9 Å². The Morgan fingerprint density at radius 1 is 1.24 bits per heavy atom. The fraction of sp³-hybridized carbons (Fsp3) is 0.353. The first kappa shape index (κ1) is 15.3. The molecule has 0 aliphatic carbocycles. The highest BCUT2D eigenvalue weighted by Gasteiger charge is 2.11. The van der Waals surface area contributed by atoms with Gasteiger partial charge >= 0.3 is 0 Å². The fourth-order valence-electron chi connectivity index (χ4n) is 2.35. The third kappa shape index (κ3) is 4.20. The van der Waals surface area contributed by atoms with Crippen molar-refractivity contribution in [3.8, 4) is 0 Å². The Morgan fingerprint density at radius 3 is 2.71 bits per heavy atom. The van der Waals surface area contributed by atoms with E-state index in [0.29, 0.717) is 12.2 Å². The lowest BCUT2D eigenvalue weighted by Gasteiger charge is -2.13. The van der Waals surface area contributed by atoms with Gasteiger partial charge in [-0.1, -0.05) is 37.3 Å². The van der Waals surface area contributed by atoms with E-state index < -0.39 is 0 Å². The Balaban J connectivity index is 1.83. The molecular formula is C17H23N3O. The lowest BCUT2D eigenvalue weighted by Crippen LogP contribution is -2.29. The van der Waals surface area contributed by atoms with Crippen molar-refractivity contribution in [1.82, 2.24) is 9.88 Å². The van der Waals surface area contributed by atoms with Crippen molar-refractivity contribution in [3.63, 3.8) is 0 Å². The molecular weight excluding hydrogens is 262 g/mol. The SMILES string of the molecule is CCCn1cccc1C(=O)NCCC(N)c1ccccc1. The third-order valence-electron chi connectivity index (χ3n) is 3.50. The monoisotopic (exact) mass is 285 g/mol. The molecule has 2 aromatic rings. The largest absolute Gasteiger partial charge is 0.351 e. The van der Waals surface area contributed by atoms with E-state index in [1.54, 1.807) is 0 Å². The van der Waals surface area contributed by atoms with E-state index in [2.05, 4.69) is 12.2 Å². The molecule has 0 fully saturated rings. The zero-order valence-corrected chi connectivity index (χ0v) is 12.5. The number of amides is 1. The summed E-state index contributed by atoms with van der Waals surface area (Å²) in [6.45, 7) is 3.53. The minimum Gasteiger partial charge on any atom is -0.351 e. The molecule has 112 valence electrons. The quantitative estimate of drug-likeness (QED) is 0.821. The molecule has 0 bridgehead atoms. The highest BCUT2D eigenvalue weighted by molar-refractivity contribution is 5.92. The first-order chi connectivity index (χ1) is 10.2. The predicted octanol–water partition coefficient (Wildman–Crippen LogP) is 2.72. The van der Waals surface area contributed by atoms with Gasteiger partial charge in [0.25, 0.3) is 5.91 Å². The highest BCUT2D eigenvalue weighted by atomic mass is 16.1. The summed E-state index contributed by atoms with van der Waals surface area (Å²) < 4.78 is 1.98. The van der Waals surface area contributed by atoms with Gasteiger partial charge < -0.3 is 15.6 Å². The number of aryl methyl sites for hydroxylation is 1. The normalized spacial score (nSPS) is 12.1. The topological polar surface area (TPSA) is 60.0 Å². The Morgan fingerprint density at radius 2 is 2.00 bits per heavy atom. The van der Waals surface area contributed by atoms with Crippen LogP contribution in [0.3, 0.4) is 0 Å². The Kier molecular flexibility index (Phi) is 5.58. The predicted molar refractivity (Wildman–Crippen MR) is 85.0 cm³/mol. The van der Waals surface area contributed by atoms with Gasteiger partial charge in [-0.3, -0.25) is 4.79 Å². The second kappa shape index (κ2) is 7.64. The molecule has 1 unspecified atom stereocenters. The standard InChI is InChI=1S/C17H23N3O/c1-2-12-20-13-6-9-16(20)17(21)19-11-10-15(18)14-7-4-3-5-8-14/h3-9,13,15H,2,10-12,18H2,1H3,(H,19,21). The zero-order chi connectivity index (χ0) is 15.1. The number of nitrogens with one attached hydrogen (secondary N) is 1. The third-order valence-corrected chi connectivity index (χ3v) is 3.50. The molecule has 4 nitrogen and oxygen atoms in total. The lowest BCUT2D eigenvalue weighted by molar-refractivity contribution is 0.0943. The van der Waals surface area contributed by atoms with Gasteiger partial charge in [-0.05, 0) is 30.5 Å². The molecule has 3 N–H and O–H groups in total. The minimum atomic E-state index is -0.0473. The highest BCUT2D eigenvalue weighted by Crippen LogP contribution is 2.12. The molecule has 21 heavy (non-hydrogen) atoms. The summed E-state index contributed by atoms with van der Waals surface area (Å²) in [4.78, 5) is 12.1. The molecule has 1 amide bonds. The van der Waals surface area contributed by atoms with Gasteiger partial charge in [0.2, 0.25) is 0 Å². The summed E-state index contributed by atoms with van der Waals surface area (Å²) in [5.74, 6) is -0.0336. The first-order valence-electron chi connectivity index (χ1n) is 7.46. The molecule has 0 spiro atoms. The van der Waals surface area contributed by atoms with E-state index in [9.17, 15) is 4.79 Å². The second-order valence-corrected chi connectivity index (χ2v) is 5.15. The average molecular weight is 285 g/mol. The van der Waals surface area contributed by atoms with Gasteiger partial charge in [0.05, 0.1) is 0 Å². The van der Waals surface area contributed by atoms with Crippen LogP contribution in [0.1, 0.15) is 41.9 Å². The maximum atomic E-state index is 12.1. The van der Waals surface area contributed by atoms with Crippen LogP contribution in [0.25, 0.3) is 0 Å². The number of aromatic nitrogens is 1. The number of rotatable bonds is 7. The van der Waals surface area contributed by atoms with Crippen molar-refractivity contribution in [1.29, 1.82) is 0 Å². The fourth-order valence-corrected chi connectivity index (χ4v) is 2.35. The van der Waals surface area contributed by atoms with Crippen LogP contribution in [-0.4, -0.2) is 17.0 Å². The number of carbonyl (C=O) groups excluding carboxylic acids is 1. The van der Waals surface area contributed by atoms with E-state index in [-0.39, 0.29) is 11.9 Å². The van der Waals surface area contributed by atoms with Crippen LogP contribution in [0, 0.1) is 0 Å². The second-order valence-electron chi connectivity index (χ2n) is 5.15. The maximum absolute atomic E-state index is 12.1. The van der Waals surface area contributed by atoms with Crippen molar-refractivity contribution in [2.75, 3.05) is 6.54 Å². The smallest absolute Gasteiger partial charge is 0.267 e. The van der Waals surface area contributed by atoms with E-state index in [1.165, 1.54) is 0 Å². The molecule has 2 rings (SSSR count). The van der Waals surface area contributed by atoms with Crippen molar-refractivity contribution < 1.29 is 4.79 Å². The van der Waals surface area contributed by atoms with Crippen LogP contribution in [0.4, 0.5) is 0 Å². The van der Waals surface area contributed by atoms with Gasteiger partial charge in [-0.2, -0.15) is 0 Å². The number of nitrogens with zero attached hydrogens (tertiary/aromatic N) is 1. The summed E-state index contributed by atoms with van der Waals surface area (Å²) in [5, 5.41) is 2.94. The number of carbonyl (C=O) groups is 1. The van der Waals surface area contributed by atoms with Crippen molar-refractivity contribution >= 4 is 5.91 Å². The van der Waals surface area contributed by atoms with Crippen LogP contribution in [-0.2, 0) is 6.54 Å². The van der Waals surface area contributed by atoms with Crippen molar-refractivity contribution in [2.45, 2.75) is 32.4 Å². The van der Waals surface area contributed by atoms with Crippen LogP contribution in [0.2, 0.25) is 0 Å². The minimum absolute atomic E-state index is 0.0336. The van der Waals surface area contributed by atoms with Gasteiger partial charge in [-0.25, -0.2) is 0 Å². The number of benzene rings is 1. The molecule has 0 aliphatic heterocycles. The van der Waals surface area contributed by atoms with Gasteiger partial charge in [0.15, 0.2) is 0 Å². The number of nitrogens with two attached hydrogens (primary N) is 1. The van der Waals surface area contributed by atoms with E-state index in [1.807, 2.05) is 53.2 Å². The summed E-state index contributed by atoms with van der Waals surface area (Å²) in [5.41, 5.74) is 7.93. The molecule has 1 heterocycles. The molecule has 0 saturated heterocycles. The molecule has 1 aromatic carbocycles. The molecule has 1 aromatic heterocycles. The Bertz CT molecular complexity index is 562. The summed E-state index contributed by atoms with van der Waals surface area (Å²) in [6.07, 6.45) is 3.67. The van der Waals surface area contributed by atoms with Crippen LogP contribution >= 0.6 is 0 Å². The van der Waals surface area contributed by atoms with E-state index in [0.717, 1.165) is 24.9 Å². The molecule has 0 radical (unpaired) electrons. The first-order valence-corrected chi connectivity index (χ1v) is 7.46. The summed E-state index contributed by atoms with van der Waals surface area (Å²) >= 11 is 0. The summed E-state index contributed by atoms with van der Waals surface area (Å²) in [6, 6.07) is 13.7. The number of hydrogen-bond acceptors (Lipinski definition) is 2. The zero-order valence-electron chi connectivity index (χ0n) is 12.5. The molecule has 0 saturated carbocycles. The van der Waals surface area contributed by atoms with E-state index in [4.69, 9.17) is 5.73 Å². The Labute approximate surface area is 126 Å². The van der Waals surface area contributed by atoms with E-state index >= 15 is 0 Å². The lowest BCUT2D eigenvalue weighted by atomic mass is 10.1. The van der Waals surface area contributed by atoms with Crippen LogP contribution < -0.4 is 11.1 Å². The average Bonchev–Trinajstić information content (AvgIpc) is 2.96. The van der Waals surface area contributed by atoms with Gasteiger partial charge in [0, 0.05) is 25.3 Å². The van der Waals surface area contributed by atoms with Crippen LogP contribution in [0.15, 0.2) is 48.7 Å². The van der Waals surface area contributed by atoms with Crippen LogP contribution in [0.5, 0.6) is 0 Å². The maximum Gasteiger partial charge on any atom is 0.267 e. The molecule has 1 atom stereocenters. The number of hydrogen-bond donors (Lipinski definition) is 2. The van der Waals surface area contributed by atoms with Gasteiger partial charge in [-0.15, -0.1) is 0 Å². The summed E-state index contributed by atoms with van der Waals surface area (Å²) in [7, 11) is 0. The van der Waals surface area contributed by atoms with Gasteiger partial charge in [0.1, 0.15) is 5.69 Å². The molecule has 4 heteroatoms. The Hall–Kier alpha value is -2.07. The molecule has 0 aliphatic rings. The van der Waals surface area contributed by atoms with Crippen molar-refractivity contribution in [2.24, 2.45) is 5.73 Å².